The largest absolute Gasteiger partial charge is 0.380 e. The summed E-state index contributed by atoms with van der Waals surface area (Å²) in [6, 6.07) is 6.72. The van der Waals surface area contributed by atoms with E-state index in [2.05, 4.69) is 54.2 Å². The zero-order chi connectivity index (χ0) is 18.6. The lowest BCUT2D eigenvalue weighted by Gasteiger charge is -2.28. The zero-order valence-electron chi connectivity index (χ0n) is 16.1. The number of nitrogens with zero attached hydrogens (tertiary/aromatic N) is 1. The molecule has 0 spiro atoms. The maximum atomic E-state index is 5.75. The van der Waals surface area contributed by atoms with Crippen LogP contribution in [0.5, 0.6) is 0 Å². The van der Waals surface area contributed by atoms with Gasteiger partial charge in [0, 0.05) is 35.8 Å². The first-order valence-corrected chi connectivity index (χ1v) is 8.75. The summed E-state index contributed by atoms with van der Waals surface area (Å²) in [5, 5.41) is 4.79. The predicted molar refractivity (Wildman–Crippen MR) is 104 cm³/mol. The van der Waals surface area contributed by atoms with Crippen molar-refractivity contribution < 1.29 is 9.47 Å². The minimum Gasteiger partial charge on any atom is -0.380 e. The normalized spacial score (nSPS) is 15.8. The summed E-state index contributed by atoms with van der Waals surface area (Å²) in [7, 11) is 3.25. The van der Waals surface area contributed by atoms with Crippen molar-refractivity contribution >= 4 is 10.9 Å². The van der Waals surface area contributed by atoms with Crippen LogP contribution in [0.1, 0.15) is 36.7 Å². The molecule has 0 radical (unpaired) electrons. The standard InChI is InChI=1S/C19H26N2O2.CH5N/c1-12(2)20-19(14(4)22-5)18-15-10-13(3)6-7-16(15)21-8-9-23-11-17(18)21;1-2/h6-7,10,14,19-20H,1,8-9,11H2,2-5H3;2H2,1H3. The fraction of sp³-hybridized carbons (Fsp3) is 0.500. The highest BCUT2D eigenvalue weighted by Gasteiger charge is 2.29. The molecule has 0 bridgehead atoms. The van der Waals surface area contributed by atoms with Gasteiger partial charge in [-0.05, 0) is 40.0 Å². The number of nitrogens with one attached hydrogen (secondary N) is 1. The Balaban J connectivity index is 0.00000109. The fourth-order valence-electron chi connectivity index (χ4n) is 3.46. The van der Waals surface area contributed by atoms with E-state index >= 15 is 0 Å². The Morgan fingerprint density at radius 1 is 1.40 bits per heavy atom. The van der Waals surface area contributed by atoms with Gasteiger partial charge in [-0.2, -0.15) is 0 Å². The molecule has 1 aliphatic heterocycles. The molecule has 3 rings (SSSR count). The van der Waals surface area contributed by atoms with Crippen molar-refractivity contribution in [1.29, 1.82) is 0 Å². The first kappa shape index (κ1) is 19.5. The zero-order valence-corrected chi connectivity index (χ0v) is 16.1. The fourth-order valence-corrected chi connectivity index (χ4v) is 3.46. The number of hydrogen-bond donors (Lipinski definition) is 2. The molecule has 2 unspecified atom stereocenters. The molecule has 1 aromatic carbocycles. The Morgan fingerprint density at radius 2 is 2.12 bits per heavy atom. The number of nitrogens with two attached hydrogens (primary N) is 1. The van der Waals surface area contributed by atoms with Crippen molar-refractivity contribution in [1.82, 2.24) is 9.88 Å². The van der Waals surface area contributed by atoms with Crippen molar-refractivity contribution in [2.24, 2.45) is 5.73 Å². The van der Waals surface area contributed by atoms with E-state index in [0.717, 1.165) is 18.8 Å². The van der Waals surface area contributed by atoms with Gasteiger partial charge < -0.3 is 25.1 Å². The summed E-state index contributed by atoms with van der Waals surface area (Å²) in [5.41, 5.74) is 10.5. The minimum absolute atomic E-state index is 0.0319. The lowest BCUT2D eigenvalue weighted by molar-refractivity contribution is 0.0748. The van der Waals surface area contributed by atoms with Crippen molar-refractivity contribution in [3.05, 3.63) is 47.3 Å². The topological polar surface area (TPSA) is 61.4 Å². The Bertz CT molecular complexity index is 736. The summed E-state index contributed by atoms with van der Waals surface area (Å²) >= 11 is 0. The smallest absolute Gasteiger partial charge is 0.0872 e. The van der Waals surface area contributed by atoms with Gasteiger partial charge in [-0.1, -0.05) is 18.2 Å². The molecule has 5 nitrogen and oxygen atoms in total. The molecule has 0 aliphatic carbocycles. The third-order valence-corrected chi connectivity index (χ3v) is 4.62. The summed E-state index contributed by atoms with van der Waals surface area (Å²) in [4.78, 5) is 0. The van der Waals surface area contributed by atoms with Crippen LogP contribution in [-0.2, 0) is 22.6 Å². The third-order valence-electron chi connectivity index (χ3n) is 4.62. The summed E-state index contributed by atoms with van der Waals surface area (Å²) in [5.74, 6) is 0. The van der Waals surface area contributed by atoms with E-state index in [1.54, 1.807) is 7.11 Å². The Labute approximate surface area is 150 Å². The molecule has 25 heavy (non-hydrogen) atoms. The number of hydrogen-bond acceptors (Lipinski definition) is 4. The van der Waals surface area contributed by atoms with Crippen LogP contribution in [0.3, 0.4) is 0 Å². The van der Waals surface area contributed by atoms with Gasteiger partial charge in [0.1, 0.15) is 0 Å². The van der Waals surface area contributed by atoms with Gasteiger partial charge in [-0.15, -0.1) is 0 Å². The van der Waals surface area contributed by atoms with Crippen LogP contribution >= 0.6 is 0 Å². The highest BCUT2D eigenvalue weighted by molar-refractivity contribution is 5.87. The first-order chi connectivity index (χ1) is 12.0. The van der Waals surface area contributed by atoms with E-state index in [9.17, 15) is 0 Å². The molecule has 2 atom stereocenters. The monoisotopic (exact) mass is 345 g/mol. The highest BCUT2D eigenvalue weighted by atomic mass is 16.5. The minimum atomic E-state index is 0.0319. The lowest BCUT2D eigenvalue weighted by Crippen LogP contribution is -2.31. The number of fused-ring (bicyclic) bond motifs is 3. The molecular weight excluding hydrogens is 314 g/mol. The predicted octanol–water partition coefficient (Wildman–Crippen LogP) is 3.25. The van der Waals surface area contributed by atoms with Crippen LogP contribution < -0.4 is 11.1 Å². The van der Waals surface area contributed by atoms with Gasteiger partial charge in [0.2, 0.25) is 0 Å². The second-order valence-electron chi connectivity index (χ2n) is 6.43. The van der Waals surface area contributed by atoms with Crippen molar-refractivity contribution in [2.45, 2.75) is 46.1 Å². The molecule has 0 saturated heterocycles. The van der Waals surface area contributed by atoms with Crippen LogP contribution in [0.15, 0.2) is 30.5 Å². The van der Waals surface area contributed by atoms with Crippen molar-refractivity contribution in [3.63, 3.8) is 0 Å². The Hall–Kier alpha value is -1.82. The summed E-state index contributed by atoms with van der Waals surface area (Å²) < 4.78 is 13.8. The van der Waals surface area contributed by atoms with Gasteiger partial charge >= 0.3 is 0 Å². The van der Waals surface area contributed by atoms with Crippen LogP contribution in [0.4, 0.5) is 0 Å². The van der Waals surface area contributed by atoms with Gasteiger partial charge in [0.05, 0.1) is 31.1 Å². The molecule has 0 amide bonds. The van der Waals surface area contributed by atoms with Crippen LogP contribution in [0.2, 0.25) is 0 Å². The second-order valence-corrected chi connectivity index (χ2v) is 6.43. The maximum Gasteiger partial charge on any atom is 0.0872 e. The first-order valence-electron chi connectivity index (χ1n) is 8.75. The molecular formula is C20H31N3O2. The van der Waals surface area contributed by atoms with E-state index in [0.29, 0.717) is 6.61 Å². The quantitative estimate of drug-likeness (QED) is 0.873. The summed E-state index contributed by atoms with van der Waals surface area (Å²) in [6.07, 6.45) is 0.0319. The Kier molecular flexibility index (Phi) is 6.64. The number of ether oxygens (including phenoxy) is 2. The molecule has 3 N–H and O–H groups in total. The number of methoxy groups -OCH3 is 1. The number of rotatable bonds is 5. The average molecular weight is 345 g/mol. The van der Waals surface area contributed by atoms with E-state index < -0.39 is 0 Å². The molecule has 1 aromatic heterocycles. The third kappa shape index (κ3) is 3.89. The van der Waals surface area contributed by atoms with Crippen LogP contribution in [-0.4, -0.2) is 31.4 Å². The Morgan fingerprint density at radius 3 is 2.76 bits per heavy atom. The van der Waals surface area contributed by atoms with E-state index in [1.807, 2.05) is 6.92 Å². The molecule has 0 saturated carbocycles. The van der Waals surface area contributed by atoms with Gasteiger partial charge in [0.25, 0.3) is 0 Å². The summed E-state index contributed by atoms with van der Waals surface area (Å²) in [6.45, 7) is 12.6. The number of allylic oxidation sites excluding steroid dienone is 1. The number of benzene rings is 1. The van der Waals surface area contributed by atoms with Gasteiger partial charge in [-0.3, -0.25) is 0 Å². The molecule has 138 valence electrons. The molecule has 0 fully saturated rings. The molecule has 1 aliphatic rings. The van der Waals surface area contributed by atoms with E-state index in [4.69, 9.17) is 9.47 Å². The van der Waals surface area contributed by atoms with Crippen LogP contribution in [0, 0.1) is 6.92 Å². The highest BCUT2D eigenvalue weighted by Crippen LogP contribution is 2.36. The van der Waals surface area contributed by atoms with E-state index in [1.165, 1.54) is 34.8 Å². The van der Waals surface area contributed by atoms with Crippen LogP contribution in [0.25, 0.3) is 10.9 Å². The van der Waals surface area contributed by atoms with Gasteiger partial charge in [-0.25, -0.2) is 0 Å². The number of aryl methyl sites for hydroxylation is 1. The van der Waals surface area contributed by atoms with E-state index in [-0.39, 0.29) is 12.1 Å². The maximum absolute atomic E-state index is 5.75. The molecule has 2 heterocycles. The van der Waals surface area contributed by atoms with Gasteiger partial charge in [0.15, 0.2) is 0 Å². The molecule has 5 heteroatoms. The SMILES string of the molecule is C=C(C)NC(c1c2n(c3ccc(C)cc13)CCOC2)C(C)OC.CN. The average Bonchev–Trinajstić information content (AvgIpc) is 2.94. The lowest BCUT2D eigenvalue weighted by atomic mass is 9.97. The number of aromatic nitrogens is 1. The van der Waals surface area contributed by atoms with Crippen molar-refractivity contribution in [3.8, 4) is 0 Å². The molecule has 2 aromatic rings. The van der Waals surface area contributed by atoms with Crippen molar-refractivity contribution in [2.75, 3.05) is 20.8 Å². The second kappa shape index (κ2) is 8.52.